The van der Waals surface area contributed by atoms with Crippen molar-refractivity contribution in [3.8, 4) is 0 Å². The number of hydrogen-bond donors (Lipinski definition) is 1. The number of methoxy groups -OCH3 is 1. The lowest BCUT2D eigenvalue weighted by Crippen LogP contribution is -2.54. The number of aromatic nitrogens is 1. The van der Waals surface area contributed by atoms with Crippen LogP contribution in [0.25, 0.3) is 0 Å². The molecule has 0 unspecified atom stereocenters. The van der Waals surface area contributed by atoms with E-state index in [1.165, 1.54) is 7.11 Å². The van der Waals surface area contributed by atoms with E-state index in [-0.39, 0.29) is 5.97 Å². The van der Waals surface area contributed by atoms with Crippen LogP contribution in [0.2, 0.25) is 0 Å². The number of hydrogen-bond acceptors (Lipinski definition) is 5. The van der Waals surface area contributed by atoms with Crippen molar-refractivity contribution >= 4 is 11.8 Å². The van der Waals surface area contributed by atoms with Gasteiger partial charge < -0.3 is 15.0 Å². The molecule has 0 bridgehead atoms. The van der Waals surface area contributed by atoms with Crippen molar-refractivity contribution in [2.75, 3.05) is 25.1 Å². The Labute approximate surface area is 107 Å². The summed E-state index contributed by atoms with van der Waals surface area (Å²) in [4.78, 5) is 17.9. The van der Waals surface area contributed by atoms with E-state index in [2.05, 4.69) is 33.8 Å². The number of carbonyl (C=O) groups is 1. The fourth-order valence-electron chi connectivity index (χ4n) is 2.33. The van der Waals surface area contributed by atoms with Gasteiger partial charge >= 0.3 is 5.97 Å². The van der Waals surface area contributed by atoms with Gasteiger partial charge in [-0.25, -0.2) is 9.78 Å². The van der Waals surface area contributed by atoms with Crippen molar-refractivity contribution in [1.82, 2.24) is 10.3 Å². The molecule has 98 valence electrons. The van der Waals surface area contributed by atoms with Gasteiger partial charge in [-0.15, -0.1) is 0 Å². The van der Waals surface area contributed by atoms with E-state index >= 15 is 0 Å². The van der Waals surface area contributed by atoms with Crippen LogP contribution in [0.4, 0.5) is 5.82 Å². The van der Waals surface area contributed by atoms with Gasteiger partial charge in [0, 0.05) is 31.4 Å². The Bertz CT molecular complexity index is 409. The van der Waals surface area contributed by atoms with Crippen molar-refractivity contribution < 1.29 is 9.53 Å². The molecule has 1 aromatic heterocycles. The molecular formula is C13H19N3O2. The highest BCUT2D eigenvalue weighted by Crippen LogP contribution is 2.15. The Hall–Kier alpha value is -1.62. The molecule has 2 heterocycles. The van der Waals surface area contributed by atoms with Crippen LogP contribution < -0.4 is 10.2 Å². The maximum absolute atomic E-state index is 11.3. The molecule has 1 aliphatic rings. The molecule has 0 radical (unpaired) electrons. The van der Waals surface area contributed by atoms with Crippen LogP contribution in [0, 0.1) is 0 Å². The average molecular weight is 249 g/mol. The van der Waals surface area contributed by atoms with Gasteiger partial charge in [0.25, 0.3) is 0 Å². The fraction of sp³-hybridized carbons (Fsp3) is 0.538. The van der Waals surface area contributed by atoms with Crippen LogP contribution >= 0.6 is 0 Å². The van der Waals surface area contributed by atoms with E-state index in [0.717, 1.165) is 18.9 Å². The zero-order chi connectivity index (χ0) is 13.1. The van der Waals surface area contributed by atoms with E-state index in [9.17, 15) is 4.79 Å². The van der Waals surface area contributed by atoms with E-state index in [4.69, 9.17) is 0 Å². The molecular weight excluding hydrogens is 230 g/mol. The molecule has 0 aliphatic carbocycles. The van der Waals surface area contributed by atoms with E-state index in [0.29, 0.717) is 17.6 Å². The van der Waals surface area contributed by atoms with Crippen LogP contribution in [0.5, 0.6) is 0 Å². The van der Waals surface area contributed by atoms with Gasteiger partial charge in [0.15, 0.2) is 0 Å². The number of rotatable bonds is 2. The van der Waals surface area contributed by atoms with Gasteiger partial charge in [-0.1, -0.05) is 0 Å². The molecule has 1 aromatic rings. The number of anilines is 1. The molecule has 0 spiro atoms. The van der Waals surface area contributed by atoms with Crippen LogP contribution in [-0.2, 0) is 4.74 Å². The molecule has 2 rings (SSSR count). The van der Waals surface area contributed by atoms with Gasteiger partial charge in [-0.3, -0.25) is 0 Å². The third kappa shape index (κ3) is 2.79. The Morgan fingerprint density at radius 3 is 2.56 bits per heavy atom. The summed E-state index contributed by atoms with van der Waals surface area (Å²) in [6, 6.07) is 4.51. The minimum absolute atomic E-state index is 0.351. The molecule has 0 aromatic carbocycles. The van der Waals surface area contributed by atoms with Gasteiger partial charge in [0.05, 0.1) is 12.7 Å². The summed E-state index contributed by atoms with van der Waals surface area (Å²) in [5.41, 5.74) is 0.484. The predicted octanol–water partition coefficient (Wildman–Crippen LogP) is 1.05. The molecule has 5 nitrogen and oxygen atoms in total. The summed E-state index contributed by atoms with van der Waals surface area (Å²) in [6.45, 7) is 6.17. The van der Waals surface area contributed by atoms with Crippen LogP contribution in [-0.4, -0.2) is 43.2 Å². The molecule has 0 saturated carbocycles. The number of esters is 1. The number of carbonyl (C=O) groups excluding carboxylic acids is 1. The fourth-order valence-corrected chi connectivity index (χ4v) is 2.33. The van der Waals surface area contributed by atoms with Crippen molar-refractivity contribution in [1.29, 1.82) is 0 Å². The van der Waals surface area contributed by atoms with Crippen molar-refractivity contribution in [2.24, 2.45) is 0 Å². The first-order valence-corrected chi connectivity index (χ1v) is 6.15. The smallest absolute Gasteiger partial charge is 0.339 e. The SMILES string of the molecule is COC(=O)c1ccc(N2C[C@@H](C)N[C@@H](C)C2)nc1. The van der Waals surface area contributed by atoms with Crippen molar-refractivity contribution in [2.45, 2.75) is 25.9 Å². The lowest BCUT2D eigenvalue weighted by atomic mass is 10.1. The third-order valence-corrected chi connectivity index (χ3v) is 3.05. The molecule has 2 atom stereocenters. The second-order valence-corrected chi connectivity index (χ2v) is 4.77. The van der Waals surface area contributed by atoms with E-state index in [1.54, 1.807) is 12.3 Å². The minimum atomic E-state index is -0.351. The minimum Gasteiger partial charge on any atom is -0.465 e. The highest BCUT2D eigenvalue weighted by Gasteiger charge is 2.21. The number of ether oxygens (including phenoxy) is 1. The average Bonchev–Trinajstić information content (AvgIpc) is 2.37. The maximum Gasteiger partial charge on any atom is 0.339 e. The van der Waals surface area contributed by atoms with Crippen LogP contribution in [0.3, 0.4) is 0 Å². The van der Waals surface area contributed by atoms with Gasteiger partial charge in [-0.05, 0) is 26.0 Å². The summed E-state index contributed by atoms with van der Waals surface area (Å²) < 4.78 is 4.65. The van der Waals surface area contributed by atoms with Gasteiger partial charge in [-0.2, -0.15) is 0 Å². The number of nitrogens with zero attached hydrogens (tertiary/aromatic N) is 2. The number of piperazine rings is 1. The van der Waals surface area contributed by atoms with Crippen LogP contribution in [0.1, 0.15) is 24.2 Å². The Morgan fingerprint density at radius 1 is 1.39 bits per heavy atom. The van der Waals surface area contributed by atoms with Gasteiger partial charge in [0.1, 0.15) is 5.82 Å². The van der Waals surface area contributed by atoms with Crippen molar-refractivity contribution in [3.63, 3.8) is 0 Å². The van der Waals surface area contributed by atoms with Gasteiger partial charge in [0.2, 0.25) is 0 Å². The first kappa shape index (κ1) is 12.8. The number of nitrogens with one attached hydrogen (secondary N) is 1. The number of pyridine rings is 1. The van der Waals surface area contributed by atoms with Crippen LogP contribution in [0.15, 0.2) is 18.3 Å². The molecule has 1 aliphatic heterocycles. The highest BCUT2D eigenvalue weighted by molar-refractivity contribution is 5.89. The quantitative estimate of drug-likeness (QED) is 0.794. The Balaban J connectivity index is 2.11. The normalized spacial score (nSPS) is 23.8. The standard InChI is InChI=1S/C13H19N3O2/c1-9-7-16(8-10(2)15-9)12-5-4-11(6-14-12)13(17)18-3/h4-6,9-10,15H,7-8H2,1-3H3/t9-,10+. The Kier molecular flexibility index (Phi) is 3.81. The predicted molar refractivity (Wildman–Crippen MR) is 69.8 cm³/mol. The molecule has 1 fully saturated rings. The second-order valence-electron chi connectivity index (χ2n) is 4.77. The second kappa shape index (κ2) is 5.35. The third-order valence-electron chi connectivity index (χ3n) is 3.05. The lowest BCUT2D eigenvalue weighted by molar-refractivity contribution is 0.0600. The largest absolute Gasteiger partial charge is 0.465 e. The zero-order valence-corrected chi connectivity index (χ0v) is 11.0. The zero-order valence-electron chi connectivity index (χ0n) is 11.0. The Morgan fingerprint density at radius 2 is 2.06 bits per heavy atom. The van der Waals surface area contributed by atoms with Crippen molar-refractivity contribution in [3.05, 3.63) is 23.9 Å². The lowest BCUT2D eigenvalue weighted by Gasteiger charge is -2.36. The molecule has 5 heteroatoms. The highest BCUT2D eigenvalue weighted by atomic mass is 16.5. The summed E-state index contributed by atoms with van der Waals surface area (Å²) in [6.07, 6.45) is 1.57. The topological polar surface area (TPSA) is 54.5 Å². The molecule has 1 saturated heterocycles. The van der Waals surface area contributed by atoms with E-state index in [1.807, 2.05) is 6.07 Å². The molecule has 0 amide bonds. The summed E-state index contributed by atoms with van der Waals surface area (Å²) in [5, 5.41) is 3.47. The summed E-state index contributed by atoms with van der Waals surface area (Å²) >= 11 is 0. The monoisotopic (exact) mass is 249 g/mol. The first-order valence-electron chi connectivity index (χ1n) is 6.15. The molecule has 1 N–H and O–H groups in total. The van der Waals surface area contributed by atoms with E-state index < -0.39 is 0 Å². The summed E-state index contributed by atoms with van der Waals surface area (Å²) in [7, 11) is 1.37. The first-order chi connectivity index (χ1) is 8.60. The molecule has 18 heavy (non-hydrogen) atoms. The summed E-state index contributed by atoms with van der Waals surface area (Å²) in [5.74, 6) is 0.555. The maximum atomic E-state index is 11.3.